The van der Waals surface area contributed by atoms with Crippen LogP contribution in [0.3, 0.4) is 0 Å². The van der Waals surface area contributed by atoms with E-state index >= 15 is 0 Å². The van der Waals surface area contributed by atoms with Crippen LogP contribution in [0, 0.1) is 0 Å². The molecule has 0 radical (unpaired) electrons. The minimum atomic E-state index is -2.98. The van der Waals surface area contributed by atoms with E-state index in [2.05, 4.69) is 15.0 Å². The Morgan fingerprint density at radius 1 is 1.16 bits per heavy atom. The van der Waals surface area contributed by atoms with Crippen molar-refractivity contribution in [2.24, 2.45) is 0 Å². The number of benzene rings is 1. The number of hydrogen-bond donors (Lipinski definition) is 1. The number of carbonyl (C=O) groups excluding carboxylic acids is 1. The van der Waals surface area contributed by atoms with Crippen molar-refractivity contribution in [1.82, 2.24) is 4.98 Å². The normalized spacial score (nSPS) is 10.3. The summed E-state index contributed by atoms with van der Waals surface area (Å²) in [6.45, 7) is -2.98. The first kappa shape index (κ1) is 12.9. The van der Waals surface area contributed by atoms with Gasteiger partial charge >= 0.3 is 6.61 Å². The second-order valence-corrected chi connectivity index (χ2v) is 3.55. The molecule has 19 heavy (non-hydrogen) atoms. The van der Waals surface area contributed by atoms with Crippen LogP contribution >= 0.6 is 0 Å². The van der Waals surface area contributed by atoms with E-state index in [1.165, 1.54) is 18.3 Å². The molecule has 0 aliphatic rings. The quantitative estimate of drug-likeness (QED) is 0.923. The van der Waals surface area contributed by atoms with Crippen molar-refractivity contribution in [3.05, 3.63) is 54.2 Å². The second kappa shape index (κ2) is 5.90. The van der Waals surface area contributed by atoms with Crippen molar-refractivity contribution in [3.63, 3.8) is 0 Å². The highest BCUT2D eigenvalue weighted by Crippen LogP contribution is 2.23. The fourth-order valence-corrected chi connectivity index (χ4v) is 1.44. The SMILES string of the molecule is O=C(Nc1ncccc1OC(F)F)c1ccccc1. The van der Waals surface area contributed by atoms with E-state index < -0.39 is 12.5 Å². The summed E-state index contributed by atoms with van der Waals surface area (Å²) in [5, 5.41) is 2.42. The van der Waals surface area contributed by atoms with Gasteiger partial charge in [-0.05, 0) is 24.3 Å². The second-order valence-electron chi connectivity index (χ2n) is 3.55. The first-order valence-electron chi connectivity index (χ1n) is 5.43. The lowest BCUT2D eigenvalue weighted by molar-refractivity contribution is -0.0495. The van der Waals surface area contributed by atoms with Crippen molar-refractivity contribution in [1.29, 1.82) is 0 Å². The molecule has 0 saturated carbocycles. The molecule has 0 saturated heterocycles. The number of carbonyl (C=O) groups is 1. The van der Waals surface area contributed by atoms with Crippen LogP contribution in [0.15, 0.2) is 48.7 Å². The number of halogens is 2. The van der Waals surface area contributed by atoms with Crippen molar-refractivity contribution in [2.75, 3.05) is 5.32 Å². The third-order valence-electron chi connectivity index (χ3n) is 2.25. The van der Waals surface area contributed by atoms with Gasteiger partial charge in [0.1, 0.15) is 0 Å². The van der Waals surface area contributed by atoms with E-state index in [1.54, 1.807) is 30.3 Å². The number of hydrogen-bond acceptors (Lipinski definition) is 3. The van der Waals surface area contributed by atoms with Gasteiger partial charge in [0.05, 0.1) is 0 Å². The molecule has 0 fully saturated rings. The lowest BCUT2D eigenvalue weighted by atomic mass is 10.2. The Bertz CT molecular complexity index is 562. The average molecular weight is 264 g/mol. The number of rotatable bonds is 4. The summed E-state index contributed by atoms with van der Waals surface area (Å²) in [6.07, 6.45) is 1.37. The molecule has 2 rings (SSSR count). The third-order valence-corrected chi connectivity index (χ3v) is 2.25. The number of aromatic nitrogens is 1. The third kappa shape index (κ3) is 3.48. The Kier molecular flexibility index (Phi) is 4.02. The first-order chi connectivity index (χ1) is 9.16. The van der Waals surface area contributed by atoms with Crippen molar-refractivity contribution >= 4 is 11.7 Å². The fraction of sp³-hybridized carbons (Fsp3) is 0.0769. The molecule has 0 unspecified atom stereocenters. The van der Waals surface area contributed by atoms with E-state index in [0.29, 0.717) is 5.56 Å². The maximum atomic E-state index is 12.2. The molecule has 1 N–H and O–H groups in total. The van der Waals surface area contributed by atoms with Crippen LogP contribution in [0.5, 0.6) is 5.75 Å². The van der Waals surface area contributed by atoms with Crippen LogP contribution in [0.25, 0.3) is 0 Å². The zero-order valence-corrected chi connectivity index (χ0v) is 9.72. The topological polar surface area (TPSA) is 51.2 Å². The van der Waals surface area contributed by atoms with Gasteiger partial charge in [-0.3, -0.25) is 4.79 Å². The minimum Gasteiger partial charge on any atom is -0.431 e. The molecular weight excluding hydrogens is 254 g/mol. The van der Waals surface area contributed by atoms with Crippen LogP contribution in [0.4, 0.5) is 14.6 Å². The van der Waals surface area contributed by atoms with Gasteiger partial charge in [0.2, 0.25) is 0 Å². The lowest BCUT2D eigenvalue weighted by Crippen LogP contribution is -2.14. The predicted octanol–water partition coefficient (Wildman–Crippen LogP) is 2.94. The summed E-state index contributed by atoms with van der Waals surface area (Å²) in [6, 6.07) is 11.1. The van der Waals surface area contributed by atoms with Gasteiger partial charge in [-0.15, -0.1) is 0 Å². The fourth-order valence-electron chi connectivity index (χ4n) is 1.44. The molecule has 2 aromatic rings. The highest BCUT2D eigenvalue weighted by atomic mass is 19.3. The largest absolute Gasteiger partial charge is 0.431 e. The summed E-state index contributed by atoms with van der Waals surface area (Å²) in [7, 11) is 0. The summed E-state index contributed by atoms with van der Waals surface area (Å²) in [5.41, 5.74) is 0.399. The Morgan fingerprint density at radius 2 is 1.89 bits per heavy atom. The minimum absolute atomic E-state index is 0.0448. The van der Waals surface area contributed by atoms with E-state index in [4.69, 9.17) is 0 Å². The van der Waals surface area contributed by atoms with Crippen LogP contribution in [-0.2, 0) is 0 Å². The Hall–Kier alpha value is -2.50. The number of nitrogens with zero attached hydrogens (tertiary/aromatic N) is 1. The van der Waals surface area contributed by atoms with Crippen LogP contribution < -0.4 is 10.1 Å². The van der Waals surface area contributed by atoms with Gasteiger partial charge < -0.3 is 10.1 Å². The number of nitrogens with one attached hydrogen (secondary N) is 1. The van der Waals surface area contributed by atoms with Crippen LogP contribution in [0.1, 0.15) is 10.4 Å². The summed E-state index contributed by atoms with van der Waals surface area (Å²) < 4.78 is 28.7. The lowest BCUT2D eigenvalue weighted by Gasteiger charge is -2.10. The summed E-state index contributed by atoms with van der Waals surface area (Å²) >= 11 is 0. The molecule has 0 bridgehead atoms. The number of ether oxygens (including phenoxy) is 1. The molecule has 1 heterocycles. The highest BCUT2D eigenvalue weighted by Gasteiger charge is 2.13. The summed E-state index contributed by atoms with van der Waals surface area (Å²) in [5.74, 6) is -0.670. The molecule has 0 aliphatic heterocycles. The van der Waals surface area contributed by atoms with Crippen molar-refractivity contribution < 1.29 is 18.3 Å². The maximum Gasteiger partial charge on any atom is 0.387 e. The average Bonchev–Trinajstić information content (AvgIpc) is 2.41. The van der Waals surface area contributed by atoms with Crippen molar-refractivity contribution in [2.45, 2.75) is 6.61 Å². The molecule has 0 atom stereocenters. The van der Waals surface area contributed by atoms with Crippen LogP contribution in [0.2, 0.25) is 0 Å². The van der Waals surface area contributed by atoms with Gasteiger partial charge in [0.15, 0.2) is 11.6 Å². The number of amides is 1. The van der Waals surface area contributed by atoms with Gasteiger partial charge in [0.25, 0.3) is 5.91 Å². The molecule has 6 heteroatoms. The molecule has 0 aliphatic carbocycles. The Morgan fingerprint density at radius 3 is 2.58 bits per heavy atom. The Labute approximate surface area is 108 Å². The number of anilines is 1. The highest BCUT2D eigenvalue weighted by molar-refractivity contribution is 6.04. The molecule has 1 amide bonds. The molecule has 1 aromatic carbocycles. The van der Waals surface area contributed by atoms with E-state index in [-0.39, 0.29) is 11.6 Å². The van der Waals surface area contributed by atoms with Gasteiger partial charge in [-0.1, -0.05) is 18.2 Å². The molecule has 4 nitrogen and oxygen atoms in total. The molecular formula is C13H10F2N2O2. The van der Waals surface area contributed by atoms with E-state index in [9.17, 15) is 13.6 Å². The molecule has 1 aromatic heterocycles. The zero-order chi connectivity index (χ0) is 13.7. The van der Waals surface area contributed by atoms with Crippen molar-refractivity contribution in [3.8, 4) is 5.75 Å². The van der Waals surface area contributed by atoms with Gasteiger partial charge in [-0.25, -0.2) is 4.98 Å². The van der Waals surface area contributed by atoms with E-state index in [1.807, 2.05) is 0 Å². The van der Waals surface area contributed by atoms with E-state index in [0.717, 1.165) is 0 Å². The predicted molar refractivity (Wildman–Crippen MR) is 65.3 cm³/mol. The summed E-state index contributed by atoms with van der Waals surface area (Å²) in [4.78, 5) is 15.7. The Balaban J connectivity index is 2.17. The van der Waals surface area contributed by atoms with Gasteiger partial charge in [0, 0.05) is 11.8 Å². The number of pyridine rings is 1. The zero-order valence-electron chi connectivity index (χ0n) is 9.72. The molecule has 98 valence electrons. The standard InChI is InChI=1S/C13H10F2N2O2/c14-13(15)19-10-7-4-8-16-11(10)17-12(18)9-5-2-1-3-6-9/h1-8,13H,(H,16,17,18). The molecule has 0 spiro atoms. The van der Waals surface area contributed by atoms with Crippen LogP contribution in [-0.4, -0.2) is 17.5 Å². The monoisotopic (exact) mass is 264 g/mol. The first-order valence-corrected chi connectivity index (χ1v) is 5.43. The number of alkyl halides is 2. The maximum absolute atomic E-state index is 12.2. The van der Waals surface area contributed by atoms with Gasteiger partial charge in [-0.2, -0.15) is 8.78 Å². The smallest absolute Gasteiger partial charge is 0.387 e.